The van der Waals surface area contributed by atoms with Gasteiger partial charge in [-0.3, -0.25) is 10.1 Å². The molecule has 0 spiro atoms. The number of carbonyl (C=O) groups excluding carboxylic acids is 1. The van der Waals surface area contributed by atoms with Gasteiger partial charge in [0, 0.05) is 12.8 Å². The van der Waals surface area contributed by atoms with Crippen LogP contribution in [-0.2, 0) is 14.3 Å². The smallest absolute Gasteiger partial charge is 0.320 e. The van der Waals surface area contributed by atoms with Crippen molar-refractivity contribution in [2.24, 2.45) is 0 Å². The van der Waals surface area contributed by atoms with Crippen LogP contribution in [0.15, 0.2) is 0 Å². The van der Waals surface area contributed by atoms with Crippen LogP contribution in [0.3, 0.4) is 0 Å². The van der Waals surface area contributed by atoms with E-state index in [1.165, 1.54) is 0 Å². The summed E-state index contributed by atoms with van der Waals surface area (Å²) in [6.45, 7) is 4.54. The van der Waals surface area contributed by atoms with E-state index in [0.717, 1.165) is 12.8 Å². The molecule has 4 heteroatoms. The van der Waals surface area contributed by atoms with E-state index < -0.39 is 0 Å². The number of carbonyl (C=O) groups is 1. The Kier molecular flexibility index (Phi) is 5.30. The molecular weight excluding hydrogens is 206 g/mol. The fourth-order valence-corrected chi connectivity index (χ4v) is 1.90. The van der Waals surface area contributed by atoms with Gasteiger partial charge in [0.25, 0.3) is 0 Å². The number of esters is 1. The summed E-state index contributed by atoms with van der Waals surface area (Å²) >= 11 is 0. The van der Waals surface area contributed by atoms with Crippen molar-refractivity contribution < 1.29 is 14.3 Å². The first-order valence-corrected chi connectivity index (χ1v) is 5.61. The van der Waals surface area contributed by atoms with E-state index in [2.05, 4.69) is 11.2 Å². The summed E-state index contributed by atoms with van der Waals surface area (Å²) in [6, 6.07) is 0. The van der Waals surface area contributed by atoms with Crippen molar-refractivity contribution in [1.82, 2.24) is 5.32 Å². The van der Waals surface area contributed by atoms with Gasteiger partial charge in [-0.2, -0.15) is 0 Å². The van der Waals surface area contributed by atoms with Gasteiger partial charge in [0.1, 0.15) is 6.10 Å². The van der Waals surface area contributed by atoms with Crippen molar-refractivity contribution in [2.45, 2.75) is 45.0 Å². The number of ether oxygens (including phenoxy) is 2. The van der Waals surface area contributed by atoms with Crippen molar-refractivity contribution in [3.63, 3.8) is 0 Å². The highest BCUT2D eigenvalue weighted by Gasteiger charge is 2.26. The van der Waals surface area contributed by atoms with Crippen LogP contribution < -0.4 is 5.32 Å². The van der Waals surface area contributed by atoms with Crippen LogP contribution in [0.5, 0.6) is 0 Å². The molecule has 1 aliphatic rings. The van der Waals surface area contributed by atoms with Crippen LogP contribution in [0.25, 0.3) is 0 Å². The Balaban J connectivity index is 2.25. The number of terminal acetylenes is 1. The fraction of sp³-hybridized carbons (Fsp3) is 0.750. The highest BCUT2D eigenvalue weighted by Crippen LogP contribution is 2.21. The molecule has 16 heavy (non-hydrogen) atoms. The molecule has 0 aliphatic carbocycles. The molecule has 1 saturated heterocycles. The van der Waals surface area contributed by atoms with E-state index in [-0.39, 0.29) is 30.8 Å². The van der Waals surface area contributed by atoms with Gasteiger partial charge < -0.3 is 9.47 Å². The molecule has 1 heterocycles. The minimum Gasteiger partial charge on any atom is -0.461 e. The average Bonchev–Trinajstić information content (AvgIpc) is 2.16. The van der Waals surface area contributed by atoms with Gasteiger partial charge >= 0.3 is 5.97 Å². The Morgan fingerprint density at radius 2 is 2.12 bits per heavy atom. The standard InChI is InChI=1S/C12H19NO3/c1-4-5-13-8-12(14)16-11-6-9(2)15-10(3)7-11/h1,9-11,13H,5-8H2,2-3H3. The first-order valence-electron chi connectivity index (χ1n) is 5.61. The Hall–Kier alpha value is -1.05. The van der Waals surface area contributed by atoms with Gasteiger partial charge in [-0.25, -0.2) is 0 Å². The summed E-state index contributed by atoms with van der Waals surface area (Å²) in [5.41, 5.74) is 0. The molecule has 1 N–H and O–H groups in total. The molecular formula is C12H19NO3. The van der Waals surface area contributed by atoms with Crippen LogP contribution in [0.4, 0.5) is 0 Å². The molecule has 0 aromatic rings. The average molecular weight is 225 g/mol. The Labute approximate surface area is 96.7 Å². The zero-order chi connectivity index (χ0) is 12.0. The summed E-state index contributed by atoms with van der Waals surface area (Å²) in [5, 5.41) is 2.80. The Bertz CT molecular complexity index is 262. The SMILES string of the molecule is C#CCNCC(=O)OC1CC(C)OC(C)C1. The zero-order valence-corrected chi connectivity index (χ0v) is 9.86. The number of hydrogen-bond donors (Lipinski definition) is 1. The predicted molar refractivity (Wildman–Crippen MR) is 60.8 cm³/mol. The van der Waals surface area contributed by atoms with Crippen molar-refractivity contribution in [2.75, 3.05) is 13.1 Å². The van der Waals surface area contributed by atoms with Gasteiger partial charge in [-0.15, -0.1) is 6.42 Å². The third-order valence-corrected chi connectivity index (χ3v) is 2.45. The molecule has 2 atom stereocenters. The van der Waals surface area contributed by atoms with E-state index >= 15 is 0 Å². The maximum Gasteiger partial charge on any atom is 0.320 e. The number of nitrogens with one attached hydrogen (secondary N) is 1. The third kappa shape index (κ3) is 4.65. The van der Waals surface area contributed by atoms with Crippen molar-refractivity contribution in [3.8, 4) is 12.3 Å². The lowest BCUT2D eigenvalue weighted by molar-refractivity contribution is -0.158. The van der Waals surface area contributed by atoms with Gasteiger partial charge in [-0.1, -0.05) is 5.92 Å². The lowest BCUT2D eigenvalue weighted by Gasteiger charge is -2.31. The monoisotopic (exact) mass is 225 g/mol. The summed E-state index contributed by atoms with van der Waals surface area (Å²) < 4.78 is 10.9. The van der Waals surface area contributed by atoms with Crippen LogP contribution >= 0.6 is 0 Å². The number of hydrogen-bond acceptors (Lipinski definition) is 4. The van der Waals surface area contributed by atoms with E-state index in [9.17, 15) is 4.79 Å². The van der Waals surface area contributed by atoms with Crippen LogP contribution in [0.2, 0.25) is 0 Å². The molecule has 2 unspecified atom stereocenters. The van der Waals surface area contributed by atoms with Crippen molar-refractivity contribution in [3.05, 3.63) is 0 Å². The molecule has 1 aliphatic heterocycles. The largest absolute Gasteiger partial charge is 0.461 e. The second-order valence-electron chi connectivity index (χ2n) is 4.15. The minimum atomic E-state index is -0.249. The minimum absolute atomic E-state index is 0.0288. The summed E-state index contributed by atoms with van der Waals surface area (Å²) in [7, 11) is 0. The number of rotatable bonds is 4. The summed E-state index contributed by atoms with van der Waals surface area (Å²) in [5.74, 6) is 2.15. The maximum atomic E-state index is 11.4. The van der Waals surface area contributed by atoms with Gasteiger partial charge in [-0.05, 0) is 13.8 Å². The van der Waals surface area contributed by atoms with Crippen LogP contribution in [0, 0.1) is 12.3 Å². The highest BCUT2D eigenvalue weighted by atomic mass is 16.6. The van der Waals surface area contributed by atoms with E-state index in [0.29, 0.717) is 6.54 Å². The molecule has 90 valence electrons. The zero-order valence-electron chi connectivity index (χ0n) is 9.86. The fourth-order valence-electron chi connectivity index (χ4n) is 1.90. The van der Waals surface area contributed by atoms with Crippen molar-refractivity contribution in [1.29, 1.82) is 0 Å². The topological polar surface area (TPSA) is 47.6 Å². The van der Waals surface area contributed by atoms with Crippen molar-refractivity contribution >= 4 is 5.97 Å². The molecule has 0 aromatic carbocycles. The summed E-state index contributed by atoms with van der Waals surface area (Å²) in [4.78, 5) is 11.4. The molecule has 1 rings (SSSR count). The predicted octanol–water partition coefficient (Wildman–Crippen LogP) is 0.708. The Morgan fingerprint density at radius 3 is 2.69 bits per heavy atom. The maximum absolute atomic E-state index is 11.4. The van der Waals surface area contributed by atoms with Gasteiger partial charge in [0.2, 0.25) is 0 Å². The molecule has 0 aromatic heterocycles. The normalized spacial score (nSPS) is 29.4. The second-order valence-corrected chi connectivity index (χ2v) is 4.15. The lowest BCUT2D eigenvalue weighted by Crippen LogP contribution is -2.37. The van der Waals surface area contributed by atoms with E-state index in [1.807, 2.05) is 13.8 Å². The molecule has 4 nitrogen and oxygen atoms in total. The summed E-state index contributed by atoms with van der Waals surface area (Å²) in [6.07, 6.45) is 6.87. The van der Waals surface area contributed by atoms with Gasteiger partial charge in [0.05, 0.1) is 25.3 Å². The quantitative estimate of drug-likeness (QED) is 0.435. The Morgan fingerprint density at radius 1 is 1.50 bits per heavy atom. The second kappa shape index (κ2) is 6.51. The van der Waals surface area contributed by atoms with Gasteiger partial charge in [0.15, 0.2) is 0 Å². The molecule has 0 saturated carbocycles. The molecule has 0 bridgehead atoms. The molecule has 1 fully saturated rings. The molecule has 0 amide bonds. The van der Waals surface area contributed by atoms with E-state index in [4.69, 9.17) is 15.9 Å². The first-order chi connectivity index (χ1) is 7.61. The third-order valence-electron chi connectivity index (χ3n) is 2.45. The van der Waals surface area contributed by atoms with E-state index in [1.54, 1.807) is 0 Å². The highest BCUT2D eigenvalue weighted by molar-refractivity contribution is 5.71. The first kappa shape index (κ1) is 13.0. The lowest BCUT2D eigenvalue weighted by atomic mass is 10.0. The van der Waals surface area contributed by atoms with Crippen LogP contribution in [-0.4, -0.2) is 37.4 Å². The van der Waals surface area contributed by atoms with Crippen LogP contribution in [0.1, 0.15) is 26.7 Å². The molecule has 0 radical (unpaired) electrons.